The minimum atomic E-state index is -1.12. The fourth-order valence-electron chi connectivity index (χ4n) is 4.79. The number of primary amides is 2. The molecule has 6 atom stereocenters. The van der Waals surface area contributed by atoms with E-state index in [0.717, 1.165) is 6.08 Å². The number of ketones is 1. The van der Waals surface area contributed by atoms with Gasteiger partial charge in [-0.25, -0.2) is 9.59 Å². The zero-order chi connectivity index (χ0) is 31.7. The van der Waals surface area contributed by atoms with Crippen molar-refractivity contribution in [3.05, 3.63) is 58.6 Å². The molecule has 4 amide bonds. The smallest absolute Gasteiger partial charge is 0.405 e. The summed E-state index contributed by atoms with van der Waals surface area (Å²) < 4.78 is 16.4. The van der Waals surface area contributed by atoms with Gasteiger partial charge in [0.25, 0.3) is 5.91 Å². The Morgan fingerprint density at radius 1 is 1.12 bits per heavy atom. The van der Waals surface area contributed by atoms with E-state index in [1.807, 2.05) is 0 Å². The topological polar surface area (TPSA) is 213 Å². The van der Waals surface area contributed by atoms with Crippen LogP contribution in [0.15, 0.2) is 63.5 Å². The van der Waals surface area contributed by atoms with E-state index in [9.17, 15) is 29.4 Å². The van der Waals surface area contributed by atoms with Crippen LogP contribution in [0.1, 0.15) is 40.5 Å². The molecule has 1 aliphatic heterocycles. The Morgan fingerprint density at radius 2 is 1.79 bits per heavy atom. The lowest BCUT2D eigenvalue weighted by atomic mass is 9.85. The highest BCUT2D eigenvalue weighted by molar-refractivity contribution is 6.51. The monoisotopic (exact) mass is 588 g/mol. The Balaban J connectivity index is 2.66. The summed E-state index contributed by atoms with van der Waals surface area (Å²) in [6.07, 6.45) is 3.12. The van der Waals surface area contributed by atoms with Gasteiger partial charge < -0.3 is 41.2 Å². The molecule has 1 heterocycles. The third kappa shape index (κ3) is 8.96. The number of aliphatic imine (C=N–C) groups is 1. The number of nitrogens with one attached hydrogen (secondary N) is 1. The summed E-state index contributed by atoms with van der Waals surface area (Å²) >= 11 is 0. The van der Waals surface area contributed by atoms with Crippen LogP contribution in [0.25, 0.3) is 0 Å². The molecular formula is C29H40N4O9. The van der Waals surface area contributed by atoms with Gasteiger partial charge >= 0.3 is 12.1 Å². The molecule has 0 aromatic carbocycles. The number of aliphatic hydroxyl groups is 2. The summed E-state index contributed by atoms with van der Waals surface area (Å²) in [5.74, 6) is -2.63. The van der Waals surface area contributed by atoms with Crippen LogP contribution in [0, 0.1) is 11.8 Å². The van der Waals surface area contributed by atoms with Gasteiger partial charge in [-0.15, -0.1) is 0 Å². The zero-order valence-corrected chi connectivity index (χ0v) is 24.6. The standard InChI is InChI=1S/C29H40N4O9/c1-14-10-18-24(35)19(13-20(25(18)36)33-28(30)38)32-27(37)15(2)8-7-9-21(40-5)26(42-29(31)39)17(4)12-16(3)23(34)22(11-14)41-6/h7-9,12-14,16,21-23,26,34-35H,10-11H2,1-6H3,(H2,30,38)(H2,31,39)(H,32,37)/b9-7-,15-8+,17-12+,33-20+/t14-,16+,21+,22+,23-,26+/m1/s1. The number of allylic oxidation sites excluding steroid dienone is 4. The average Bonchev–Trinajstić information content (AvgIpc) is 2.92. The SMILES string of the molecule is CO[C@H]1/C=C\C=C(/C)C(=O)NC2=C/C(=N\C(N)=O)C(=O)C(=C2O)C[C@@H](C)C[C@H](OC)[C@H](O)[C@@H](C)/C=C(\C)[C@@H]1OC(N)=O. The summed E-state index contributed by atoms with van der Waals surface area (Å²) in [7, 11) is 2.85. The van der Waals surface area contributed by atoms with Gasteiger partial charge in [0.05, 0.1) is 17.9 Å². The van der Waals surface area contributed by atoms with Gasteiger partial charge in [-0.2, -0.15) is 4.99 Å². The molecule has 42 heavy (non-hydrogen) atoms. The second-order valence-corrected chi connectivity index (χ2v) is 10.4. The number of carbonyl (C=O) groups is 4. The molecule has 0 saturated carbocycles. The lowest BCUT2D eigenvalue weighted by Crippen LogP contribution is -2.37. The van der Waals surface area contributed by atoms with Crippen molar-refractivity contribution >= 4 is 29.5 Å². The number of methoxy groups -OCH3 is 2. The maximum absolute atomic E-state index is 13.1. The number of hydrogen-bond acceptors (Lipinski definition) is 9. The van der Waals surface area contributed by atoms with Crippen molar-refractivity contribution in [3.8, 4) is 0 Å². The predicted molar refractivity (Wildman–Crippen MR) is 154 cm³/mol. The molecule has 2 aliphatic rings. The molecule has 230 valence electrons. The number of amides is 4. The first kappa shape index (κ1) is 34.1. The molecule has 2 bridgehead atoms. The summed E-state index contributed by atoms with van der Waals surface area (Å²) in [5.41, 5.74) is 10.7. The average molecular weight is 589 g/mol. The number of ether oxygens (including phenoxy) is 3. The molecule has 0 fully saturated rings. The third-order valence-electron chi connectivity index (χ3n) is 7.01. The Morgan fingerprint density at radius 3 is 2.36 bits per heavy atom. The Labute approximate surface area is 244 Å². The van der Waals surface area contributed by atoms with Gasteiger partial charge in [-0.3, -0.25) is 9.59 Å². The molecule has 0 spiro atoms. The molecule has 13 nitrogen and oxygen atoms in total. The van der Waals surface area contributed by atoms with Crippen molar-refractivity contribution < 1.29 is 43.6 Å². The highest BCUT2D eigenvalue weighted by Gasteiger charge is 2.33. The normalized spacial score (nSPS) is 32.6. The number of rotatable bonds is 3. The van der Waals surface area contributed by atoms with Crippen molar-refractivity contribution in [2.45, 2.75) is 65.0 Å². The van der Waals surface area contributed by atoms with Crippen LogP contribution in [0.4, 0.5) is 9.59 Å². The Kier molecular flexibility index (Phi) is 12.4. The molecule has 0 radical (unpaired) electrons. The fourth-order valence-corrected chi connectivity index (χ4v) is 4.79. The van der Waals surface area contributed by atoms with Crippen molar-refractivity contribution in [2.75, 3.05) is 14.2 Å². The second-order valence-electron chi connectivity index (χ2n) is 10.4. The largest absolute Gasteiger partial charge is 0.505 e. The quantitative estimate of drug-likeness (QED) is 0.241. The van der Waals surface area contributed by atoms with Crippen LogP contribution < -0.4 is 16.8 Å². The highest BCUT2D eigenvalue weighted by Crippen LogP contribution is 2.29. The molecule has 0 aromatic heterocycles. The highest BCUT2D eigenvalue weighted by atomic mass is 16.6. The number of aliphatic hydroxyl groups excluding tert-OH is 2. The Bertz CT molecular complexity index is 1260. The maximum Gasteiger partial charge on any atom is 0.405 e. The molecule has 0 saturated heterocycles. The number of urea groups is 1. The van der Waals surface area contributed by atoms with Crippen LogP contribution in [0.3, 0.4) is 0 Å². The van der Waals surface area contributed by atoms with Crippen LogP contribution in [-0.4, -0.2) is 78.4 Å². The molecule has 1 aliphatic carbocycles. The van der Waals surface area contributed by atoms with E-state index in [-0.39, 0.29) is 41.3 Å². The number of nitrogens with zero attached hydrogens (tertiary/aromatic N) is 1. The molecule has 13 heteroatoms. The van der Waals surface area contributed by atoms with E-state index in [2.05, 4.69) is 10.3 Å². The van der Waals surface area contributed by atoms with Gasteiger partial charge in [0.1, 0.15) is 17.6 Å². The first-order valence-electron chi connectivity index (χ1n) is 13.3. The van der Waals surface area contributed by atoms with Gasteiger partial charge in [0, 0.05) is 31.3 Å². The van der Waals surface area contributed by atoms with E-state index in [0.29, 0.717) is 5.57 Å². The van der Waals surface area contributed by atoms with Crippen molar-refractivity contribution in [2.24, 2.45) is 28.3 Å². The molecular weight excluding hydrogens is 548 g/mol. The van der Waals surface area contributed by atoms with Crippen LogP contribution in [0.2, 0.25) is 0 Å². The molecule has 0 unspecified atom stereocenters. The van der Waals surface area contributed by atoms with E-state index < -0.39 is 59.9 Å². The number of hydrogen-bond donors (Lipinski definition) is 5. The molecule has 7 N–H and O–H groups in total. The van der Waals surface area contributed by atoms with Crippen molar-refractivity contribution in [3.63, 3.8) is 0 Å². The van der Waals surface area contributed by atoms with Gasteiger partial charge in [0.2, 0.25) is 5.78 Å². The summed E-state index contributed by atoms with van der Waals surface area (Å²) in [6, 6.07) is -1.12. The van der Waals surface area contributed by atoms with E-state index in [1.54, 1.807) is 32.9 Å². The molecule has 0 aromatic rings. The zero-order valence-electron chi connectivity index (χ0n) is 24.6. The van der Waals surface area contributed by atoms with Crippen molar-refractivity contribution in [1.29, 1.82) is 0 Å². The minimum Gasteiger partial charge on any atom is -0.505 e. The first-order valence-corrected chi connectivity index (χ1v) is 13.3. The maximum atomic E-state index is 13.1. The number of carbonyl (C=O) groups excluding carboxylic acids is 4. The first-order chi connectivity index (χ1) is 19.7. The fraction of sp³-hybridized carbons (Fsp3) is 0.483. The second kappa shape index (κ2) is 15.2. The van der Waals surface area contributed by atoms with Gasteiger partial charge in [-0.05, 0) is 44.3 Å². The van der Waals surface area contributed by atoms with Gasteiger partial charge in [-0.1, -0.05) is 38.2 Å². The summed E-state index contributed by atoms with van der Waals surface area (Å²) in [6.45, 7) is 6.77. The summed E-state index contributed by atoms with van der Waals surface area (Å²) in [4.78, 5) is 52.8. The number of fused-ring (bicyclic) bond motifs is 1. The predicted octanol–water partition coefficient (Wildman–Crippen LogP) is 2.27. The van der Waals surface area contributed by atoms with Gasteiger partial charge in [0.15, 0.2) is 6.10 Å². The Hall–Kier alpha value is -4.07. The lowest BCUT2D eigenvalue weighted by Gasteiger charge is -2.29. The van der Waals surface area contributed by atoms with Crippen molar-refractivity contribution in [1.82, 2.24) is 5.32 Å². The van der Waals surface area contributed by atoms with E-state index in [1.165, 1.54) is 33.3 Å². The molecule has 2 rings (SSSR count). The van der Waals surface area contributed by atoms with Crippen LogP contribution in [-0.2, 0) is 23.8 Å². The minimum absolute atomic E-state index is 0.00703. The van der Waals surface area contributed by atoms with E-state index in [4.69, 9.17) is 25.7 Å². The van der Waals surface area contributed by atoms with E-state index >= 15 is 0 Å². The van der Waals surface area contributed by atoms with Crippen LogP contribution in [0.5, 0.6) is 0 Å². The summed E-state index contributed by atoms with van der Waals surface area (Å²) in [5, 5.41) is 24.7. The van der Waals surface area contributed by atoms with Crippen LogP contribution >= 0.6 is 0 Å². The number of Topliss-reactive ketones (excluding diaryl/α,β-unsaturated/α-hetero) is 1. The number of nitrogens with two attached hydrogens (primary N) is 2. The third-order valence-corrected chi connectivity index (χ3v) is 7.01. The lowest BCUT2D eigenvalue weighted by molar-refractivity contribution is -0.117.